The largest absolute Gasteiger partial charge is 0.355 e. The van der Waals surface area contributed by atoms with E-state index in [0.717, 1.165) is 5.56 Å². The first kappa shape index (κ1) is 26.0. The van der Waals surface area contributed by atoms with E-state index in [-0.39, 0.29) is 35.9 Å². The molecule has 178 valence electrons. The van der Waals surface area contributed by atoms with Gasteiger partial charge in [0.15, 0.2) is 0 Å². The topological polar surface area (TPSA) is 49.4 Å². The predicted molar refractivity (Wildman–Crippen MR) is 135 cm³/mol. The fraction of sp³-hybridized carbons (Fsp3) is 0.231. The summed E-state index contributed by atoms with van der Waals surface area (Å²) < 4.78 is 14.5. The second kappa shape index (κ2) is 12.2. The summed E-state index contributed by atoms with van der Waals surface area (Å²) in [5.41, 5.74) is 1.65. The molecule has 3 aromatic rings. The van der Waals surface area contributed by atoms with E-state index in [1.807, 2.05) is 37.3 Å². The molecule has 34 heavy (non-hydrogen) atoms. The third kappa shape index (κ3) is 6.72. The molecular weight excluding hydrogens is 498 g/mol. The molecule has 0 saturated carbocycles. The van der Waals surface area contributed by atoms with E-state index in [1.54, 1.807) is 18.2 Å². The molecule has 0 spiro atoms. The van der Waals surface area contributed by atoms with Crippen molar-refractivity contribution in [1.29, 1.82) is 0 Å². The van der Waals surface area contributed by atoms with Gasteiger partial charge in [-0.05, 0) is 42.3 Å². The van der Waals surface area contributed by atoms with E-state index >= 15 is 0 Å². The van der Waals surface area contributed by atoms with Gasteiger partial charge in [-0.25, -0.2) is 4.39 Å². The third-order valence-corrected chi connectivity index (χ3v) is 6.44. The number of carbonyl (C=O) groups is 2. The Hall–Kier alpha value is -2.60. The van der Waals surface area contributed by atoms with Crippen LogP contribution in [-0.4, -0.2) is 29.3 Å². The lowest BCUT2D eigenvalue weighted by molar-refractivity contribution is -0.140. The van der Waals surface area contributed by atoms with Gasteiger partial charge in [0, 0.05) is 30.1 Å². The van der Waals surface area contributed by atoms with E-state index in [2.05, 4.69) is 5.32 Å². The molecule has 3 rings (SSSR count). The van der Waals surface area contributed by atoms with Crippen LogP contribution >= 0.6 is 34.8 Å². The maximum Gasteiger partial charge on any atom is 0.243 e. The van der Waals surface area contributed by atoms with Gasteiger partial charge in [0.25, 0.3) is 0 Å². The van der Waals surface area contributed by atoms with E-state index in [0.29, 0.717) is 22.2 Å². The minimum atomic E-state index is -0.838. The van der Waals surface area contributed by atoms with Crippen molar-refractivity contribution in [2.45, 2.75) is 32.4 Å². The Balaban J connectivity index is 2.01. The zero-order chi connectivity index (χ0) is 24.7. The summed E-state index contributed by atoms with van der Waals surface area (Å²) >= 11 is 18.4. The average Bonchev–Trinajstić information content (AvgIpc) is 2.81. The van der Waals surface area contributed by atoms with Crippen molar-refractivity contribution in [3.05, 3.63) is 104 Å². The van der Waals surface area contributed by atoms with Crippen LogP contribution in [0.15, 0.2) is 66.7 Å². The normalized spacial score (nSPS) is 11.7. The van der Waals surface area contributed by atoms with Gasteiger partial charge >= 0.3 is 0 Å². The highest BCUT2D eigenvalue weighted by atomic mass is 35.5. The van der Waals surface area contributed by atoms with Gasteiger partial charge in [-0.1, -0.05) is 77.3 Å². The predicted octanol–water partition coefficient (Wildman–Crippen LogP) is 6.10. The second-order valence-electron chi connectivity index (χ2n) is 7.75. The molecule has 0 aromatic heterocycles. The van der Waals surface area contributed by atoms with Crippen molar-refractivity contribution in [3.63, 3.8) is 0 Å². The van der Waals surface area contributed by atoms with Crippen molar-refractivity contribution in [2.75, 3.05) is 6.54 Å². The standard InChI is InChI=1S/C26H24Cl3FN2O2/c1-2-31-26(34)24(14-17-7-4-3-5-8-17)32(16-18-11-12-21(28)22(29)13-18)25(33)15-19-20(27)9-6-10-23(19)30/h3-13,24H,2,14-16H2,1H3,(H,31,34)/t24-/m0/s1. The van der Waals surface area contributed by atoms with Gasteiger partial charge < -0.3 is 10.2 Å². The molecule has 0 radical (unpaired) electrons. The van der Waals surface area contributed by atoms with Crippen molar-refractivity contribution in [3.8, 4) is 0 Å². The lowest BCUT2D eigenvalue weighted by atomic mass is 10.0. The monoisotopic (exact) mass is 520 g/mol. The van der Waals surface area contributed by atoms with Crippen molar-refractivity contribution in [2.24, 2.45) is 0 Å². The molecule has 0 bridgehead atoms. The SMILES string of the molecule is CCNC(=O)[C@H](Cc1ccccc1)N(Cc1ccc(Cl)c(Cl)c1)C(=O)Cc1c(F)cccc1Cl. The molecule has 0 unspecified atom stereocenters. The Morgan fingerprint density at radius 3 is 2.29 bits per heavy atom. The molecule has 1 N–H and O–H groups in total. The Bertz CT molecular complexity index is 1140. The van der Waals surface area contributed by atoms with Crippen LogP contribution in [0.2, 0.25) is 15.1 Å². The number of nitrogens with zero attached hydrogens (tertiary/aromatic N) is 1. The van der Waals surface area contributed by atoms with Crippen LogP contribution in [0.3, 0.4) is 0 Å². The summed E-state index contributed by atoms with van der Waals surface area (Å²) in [6.45, 7) is 2.29. The first-order valence-corrected chi connectivity index (χ1v) is 11.9. The van der Waals surface area contributed by atoms with E-state index in [4.69, 9.17) is 34.8 Å². The number of nitrogens with one attached hydrogen (secondary N) is 1. The summed E-state index contributed by atoms with van der Waals surface area (Å²) in [4.78, 5) is 28.2. The lowest BCUT2D eigenvalue weighted by Gasteiger charge is -2.32. The summed E-state index contributed by atoms with van der Waals surface area (Å²) in [6, 6.07) is 17.8. The number of amides is 2. The molecule has 0 aliphatic heterocycles. The zero-order valence-corrected chi connectivity index (χ0v) is 20.8. The zero-order valence-electron chi connectivity index (χ0n) is 18.5. The number of rotatable bonds is 9. The highest BCUT2D eigenvalue weighted by Gasteiger charge is 2.31. The van der Waals surface area contributed by atoms with Crippen molar-refractivity contribution in [1.82, 2.24) is 10.2 Å². The fourth-order valence-electron chi connectivity index (χ4n) is 3.63. The molecule has 1 atom stereocenters. The maximum atomic E-state index is 14.5. The first-order valence-electron chi connectivity index (χ1n) is 10.8. The van der Waals surface area contributed by atoms with Gasteiger partial charge in [-0.15, -0.1) is 0 Å². The Labute approximate surface area is 213 Å². The van der Waals surface area contributed by atoms with Gasteiger partial charge in [0.1, 0.15) is 11.9 Å². The number of halogens is 4. The smallest absolute Gasteiger partial charge is 0.243 e. The number of carbonyl (C=O) groups excluding carboxylic acids is 2. The van der Waals surface area contributed by atoms with Crippen LogP contribution in [0.1, 0.15) is 23.6 Å². The summed E-state index contributed by atoms with van der Waals surface area (Å²) in [5.74, 6) is -1.32. The highest BCUT2D eigenvalue weighted by Crippen LogP contribution is 2.26. The summed E-state index contributed by atoms with van der Waals surface area (Å²) in [5, 5.41) is 3.68. The van der Waals surface area contributed by atoms with Crippen molar-refractivity contribution >= 4 is 46.6 Å². The molecular formula is C26H24Cl3FN2O2. The number of hydrogen-bond acceptors (Lipinski definition) is 2. The van der Waals surface area contributed by atoms with Gasteiger partial charge in [0.2, 0.25) is 11.8 Å². The Morgan fingerprint density at radius 1 is 0.912 bits per heavy atom. The van der Waals surface area contributed by atoms with Crippen molar-refractivity contribution < 1.29 is 14.0 Å². The van der Waals surface area contributed by atoms with Gasteiger partial charge in [-0.3, -0.25) is 9.59 Å². The molecule has 8 heteroatoms. The molecule has 3 aromatic carbocycles. The van der Waals surface area contributed by atoms with Crippen LogP contribution < -0.4 is 5.32 Å². The van der Waals surface area contributed by atoms with Crippen LogP contribution in [0.25, 0.3) is 0 Å². The van der Waals surface area contributed by atoms with Gasteiger partial charge in [0.05, 0.1) is 16.5 Å². The fourth-order valence-corrected chi connectivity index (χ4v) is 4.19. The maximum absolute atomic E-state index is 14.5. The minimum Gasteiger partial charge on any atom is -0.355 e. The molecule has 0 saturated heterocycles. The van der Waals surface area contributed by atoms with Crippen LogP contribution in [0.5, 0.6) is 0 Å². The van der Waals surface area contributed by atoms with Gasteiger partial charge in [-0.2, -0.15) is 0 Å². The quantitative estimate of drug-likeness (QED) is 0.370. The third-order valence-electron chi connectivity index (χ3n) is 5.35. The Kier molecular flexibility index (Phi) is 9.34. The highest BCUT2D eigenvalue weighted by molar-refractivity contribution is 6.42. The van der Waals surface area contributed by atoms with Crippen LogP contribution in [0, 0.1) is 5.82 Å². The van der Waals surface area contributed by atoms with Crippen LogP contribution in [-0.2, 0) is 29.0 Å². The molecule has 0 aliphatic rings. The first-order chi connectivity index (χ1) is 16.3. The van der Waals surface area contributed by atoms with E-state index in [1.165, 1.54) is 23.1 Å². The minimum absolute atomic E-state index is 0.0798. The number of likely N-dealkylation sites (N-methyl/N-ethyl adjacent to an activating group) is 1. The molecule has 2 amide bonds. The molecule has 0 fully saturated rings. The number of hydrogen-bond donors (Lipinski definition) is 1. The summed E-state index contributed by atoms with van der Waals surface area (Å²) in [7, 11) is 0. The lowest BCUT2D eigenvalue weighted by Crippen LogP contribution is -2.51. The molecule has 4 nitrogen and oxygen atoms in total. The summed E-state index contributed by atoms with van der Waals surface area (Å²) in [6.07, 6.45) is -0.0116. The van der Waals surface area contributed by atoms with E-state index in [9.17, 15) is 14.0 Å². The Morgan fingerprint density at radius 2 is 1.65 bits per heavy atom. The van der Waals surface area contributed by atoms with E-state index < -0.39 is 17.8 Å². The number of benzene rings is 3. The second-order valence-corrected chi connectivity index (χ2v) is 8.97. The molecule has 0 heterocycles. The molecule has 0 aliphatic carbocycles. The van der Waals surface area contributed by atoms with Crippen LogP contribution in [0.4, 0.5) is 4.39 Å². The average molecular weight is 522 g/mol.